The number of aromatic nitrogens is 3. The minimum atomic E-state index is -0.0902. The lowest BCUT2D eigenvalue weighted by Gasteiger charge is -2.33. The molecule has 1 amide bonds. The van der Waals surface area contributed by atoms with Gasteiger partial charge in [-0.05, 0) is 31.0 Å². The molecule has 1 aliphatic heterocycles. The number of anilines is 2. The molecule has 126 valence electrons. The fourth-order valence-corrected chi connectivity index (χ4v) is 2.92. The Balaban J connectivity index is 1.69. The van der Waals surface area contributed by atoms with Crippen LogP contribution in [0.15, 0.2) is 36.8 Å². The maximum absolute atomic E-state index is 12.7. The Bertz CT molecular complexity index is 690. The number of hydrogen-bond acceptors (Lipinski definition) is 6. The molecule has 1 atom stereocenters. The van der Waals surface area contributed by atoms with Crippen LogP contribution in [0.2, 0.25) is 0 Å². The van der Waals surface area contributed by atoms with Crippen molar-refractivity contribution in [2.24, 2.45) is 0 Å². The largest absolute Gasteiger partial charge is 0.362 e. The molecule has 0 spiro atoms. The van der Waals surface area contributed by atoms with E-state index in [1.807, 2.05) is 19.0 Å². The highest BCUT2D eigenvalue weighted by Gasteiger charge is 2.24. The summed E-state index contributed by atoms with van der Waals surface area (Å²) >= 11 is 0. The highest BCUT2D eigenvalue weighted by atomic mass is 16.1. The fraction of sp³-hybridized carbons (Fsp3) is 0.412. The summed E-state index contributed by atoms with van der Waals surface area (Å²) in [5.74, 6) is 1.30. The third-order valence-corrected chi connectivity index (χ3v) is 4.05. The monoisotopic (exact) mass is 326 g/mol. The van der Waals surface area contributed by atoms with Crippen molar-refractivity contribution >= 4 is 17.7 Å². The van der Waals surface area contributed by atoms with E-state index in [-0.39, 0.29) is 11.9 Å². The molecule has 24 heavy (non-hydrogen) atoms. The van der Waals surface area contributed by atoms with Crippen LogP contribution in [0.1, 0.15) is 23.2 Å². The van der Waals surface area contributed by atoms with E-state index in [1.54, 1.807) is 36.8 Å². The summed E-state index contributed by atoms with van der Waals surface area (Å²) < 4.78 is 0. The molecular weight excluding hydrogens is 304 g/mol. The number of nitrogens with zero attached hydrogens (tertiary/aromatic N) is 5. The Labute approximate surface area is 141 Å². The first kappa shape index (κ1) is 16.2. The summed E-state index contributed by atoms with van der Waals surface area (Å²) in [6.07, 6.45) is 7.12. The summed E-state index contributed by atoms with van der Waals surface area (Å²) in [6.45, 7) is 1.62. The summed E-state index contributed by atoms with van der Waals surface area (Å²) in [6, 6.07) is 5.47. The lowest BCUT2D eigenvalue weighted by molar-refractivity contribution is 0.0933. The molecule has 0 unspecified atom stereocenters. The quantitative estimate of drug-likeness (QED) is 0.914. The van der Waals surface area contributed by atoms with Crippen LogP contribution >= 0.6 is 0 Å². The predicted molar refractivity (Wildman–Crippen MR) is 93.3 cm³/mol. The van der Waals surface area contributed by atoms with Gasteiger partial charge < -0.3 is 15.1 Å². The first-order chi connectivity index (χ1) is 11.6. The van der Waals surface area contributed by atoms with Crippen molar-refractivity contribution in [2.75, 3.05) is 37.0 Å². The first-order valence-electron chi connectivity index (χ1n) is 8.10. The average molecular weight is 326 g/mol. The van der Waals surface area contributed by atoms with Gasteiger partial charge in [0.05, 0.1) is 5.56 Å². The number of pyridine rings is 1. The van der Waals surface area contributed by atoms with Crippen molar-refractivity contribution in [2.45, 2.75) is 18.9 Å². The smallest absolute Gasteiger partial charge is 0.255 e. The van der Waals surface area contributed by atoms with Gasteiger partial charge in [0.1, 0.15) is 5.82 Å². The zero-order valence-electron chi connectivity index (χ0n) is 14.0. The molecule has 0 radical (unpaired) electrons. The van der Waals surface area contributed by atoms with Gasteiger partial charge >= 0.3 is 0 Å². The van der Waals surface area contributed by atoms with E-state index in [0.717, 1.165) is 19.4 Å². The van der Waals surface area contributed by atoms with E-state index < -0.39 is 0 Å². The van der Waals surface area contributed by atoms with Crippen LogP contribution in [0.25, 0.3) is 0 Å². The van der Waals surface area contributed by atoms with Crippen LogP contribution in [0, 0.1) is 0 Å². The summed E-state index contributed by atoms with van der Waals surface area (Å²) in [5, 5.41) is 3.13. The number of nitrogens with one attached hydrogen (secondary N) is 1. The van der Waals surface area contributed by atoms with Gasteiger partial charge in [0.2, 0.25) is 5.95 Å². The first-order valence-corrected chi connectivity index (χ1v) is 8.10. The number of rotatable bonds is 4. The number of hydrogen-bond donors (Lipinski definition) is 1. The van der Waals surface area contributed by atoms with Crippen molar-refractivity contribution in [3.63, 3.8) is 0 Å². The van der Waals surface area contributed by atoms with E-state index in [2.05, 4.69) is 25.2 Å². The van der Waals surface area contributed by atoms with Gasteiger partial charge in [0.25, 0.3) is 5.91 Å². The van der Waals surface area contributed by atoms with E-state index in [1.165, 1.54) is 0 Å². The Kier molecular flexibility index (Phi) is 4.88. The molecule has 1 N–H and O–H groups in total. The molecule has 0 aliphatic carbocycles. The van der Waals surface area contributed by atoms with Crippen LogP contribution in [0.5, 0.6) is 0 Å². The van der Waals surface area contributed by atoms with Crippen molar-refractivity contribution in [3.8, 4) is 0 Å². The molecule has 3 rings (SSSR count). The minimum Gasteiger partial charge on any atom is -0.362 e. The molecule has 1 aliphatic rings. The van der Waals surface area contributed by atoms with Crippen molar-refractivity contribution < 1.29 is 4.79 Å². The number of carbonyl (C=O) groups is 1. The van der Waals surface area contributed by atoms with E-state index in [4.69, 9.17) is 0 Å². The van der Waals surface area contributed by atoms with Crippen LogP contribution in [-0.2, 0) is 0 Å². The van der Waals surface area contributed by atoms with Gasteiger partial charge in [-0.1, -0.05) is 0 Å². The van der Waals surface area contributed by atoms with Crippen LogP contribution < -0.4 is 15.1 Å². The molecule has 3 heterocycles. The second-order valence-electron chi connectivity index (χ2n) is 6.08. The molecule has 7 nitrogen and oxygen atoms in total. The average Bonchev–Trinajstić information content (AvgIpc) is 2.62. The molecule has 1 saturated heterocycles. The maximum atomic E-state index is 12.7. The van der Waals surface area contributed by atoms with Crippen molar-refractivity contribution in [1.82, 2.24) is 20.3 Å². The maximum Gasteiger partial charge on any atom is 0.255 e. The summed E-state index contributed by atoms with van der Waals surface area (Å²) in [5.41, 5.74) is 0.593. The lowest BCUT2D eigenvalue weighted by atomic mass is 10.1. The second-order valence-corrected chi connectivity index (χ2v) is 6.08. The Hall–Kier alpha value is -2.70. The van der Waals surface area contributed by atoms with Gasteiger partial charge in [-0.25, -0.2) is 15.0 Å². The lowest BCUT2D eigenvalue weighted by Crippen LogP contribution is -2.48. The molecule has 0 aromatic carbocycles. The van der Waals surface area contributed by atoms with Crippen LogP contribution in [-0.4, -0.2) is 54.1 Å². The van der Waals surface area contributed by atoms with Gasteiger partial charge in [-0.3, -0.25) is 4.79 Å². The second kappa shape index (κ2) is 7.25. The number of amides is 1. The zero-order valence-corrected chi connectivity index (χ0v) is 14.0. The molecule has 0 bridgehead atoms. The van der Waals surface area contributed by atoms with E-state index >= 15 is 0 Å². The molecular formula is C17H22N6O. The van der Waals surface area contributed by atoms with Gasteiger partial charge in [0.15, 0.2) is 0 Å². The van der Waals surface area contributed by atoms with Gasteiger partial charge in [-0.2, -0.15) is 0 Å². The third kappa shape index (κ3) is 3.61. The van der Waals surface area contributed by atoms with E-state index in [9.17, 15) is 4.79 Å². The minimum absolute atomic E-state index is 0.0743. The number of piperidine rings is 1. The van der Waals surface area contributed by atoms with Crippen molar-refractivity contribution in [1.29, 1.82) is 0 Å². The van der Waals surface area contributed by atoms with Crippen molar-refractivity contribution in [3.05, 3.63) is 42.4 Å². The Morgan fingerprint density at radius 2 is 1.96 bits per heavy atom. The number of carbonyl (C=O) groups excluding carboxylic acids is 1. The van der Waals surface area contributed by atoms with Crippen LogP contribution in [0.4, 0.5) is 11.8 Å². The molecule has 1 fully saturated rings. The van der Waals surface area contributed by atoms with E-state index in [0.29, 0.717) is 23.9 Å². The molecule has 2 aromatic heterocycles. The Morgan fingerprint density at radius 3 is 2.71 bits per heavy atom. The standard InChI is InChI=1S/C17H22N6O/c1-22(2)15-14(7-3-8-18-15)16(24)21-13-6-4-11-23(12-13)17-19-9-5-10-20-17/h3,5,7-10,13H,4,6,11-12H2,1-2H3,(H,21,24)/t13-/m1/s1. The van der Waals surface area contributed by atoms with Gasteiger partial charge in [-0.15, -0.1) is 0 Å². The molecule has 0 saturated carbocycles. The summed E-state index contributed by atoms with van der Waals surface area (Å²) in [4.78, 5) is 29.5. The topological polar surface area (TPSA) is 74.2 Å². The summed E-state index contributed by atoms with van der Waals surface area (Å²) in [7, 11) is 3.77. The van der Waals surface area contributed by atoms with Gasteiger partial charge in [0, 0.05) is 51.8 Å². The molecule has 2 aromatic rings. The third-order valence-electron chi connectivity index (χ3n) is 4.05. The fourth-order valence-electron chi connectivity index (χ4n) is 2.92. The molecule has 7 heteroatoms. The SMILES string of the molecule is CN(C)c1ncccc1C(=O)N[C@@H]1CCCN(c2ncccn2)C1. The Morgan fingerprint density at radius 1 is 1.21 bits per heavy atom. The zero-order chi connectivity index (χ0) is 16.9. The highest BCUT2D eigenvalue weighted by Crippen LogP contribution is 2.18. The normalized spacial score (nSPS) is 17.4. The predicted octanol–water partition coefficient (Wildman–Crippen LogP) is 1.34. The highest BCUT2D eigenvalue weighted by molar-refractivity contribution is 5.99. The van der Waals surface area contributed by atoms with Crippen LogP contribution in [0.3, 0.4) is 0 Å².